The molecule has 7 heteroatoms. The van der Waals surface area contributed by atoms with Crippen molar-refractivity contribution in [2.75, 3.05) is 13.1 Å². The van der Waals surface area contributed by atoms with Crippen molar-refractivity contribution in [3.05, 3.63) is 4.77 Å². The monoisotopic (exact) mass is 227 g/mol. The van der Waals surface area contributed by atoms with Gasteiger partial charge in [-0.25, -0.2) is 4.68 Å². The number of hydrogen-bond acceptors (Lipinski definition) is 4. The summed E-state index contributed by atoms with van der Waals surface area (Å²) in [6.07, 6.45) is 3.41. The maximum atomic E-state index is 11.8. The quantitative estimate of drug-likeness (QED) is 0.740. The number of nitrogens with zero attached hydrogens (tertiary/aromatic N) is 4. The van der Waals surface area contributed by atoms with Gasteiger partial charge in [0.05, 0.1) is 0 Å². The van der Waals surface area contributed by atoms with Crippen molar-refractivity contribution in [1.82, 2.24) is 25.1 Å². The number of nitrogens with one attached hydrogen (secondary N) is 1. The Balaban J connectivity index is 1.97. The molecule has 82 valence electrons. The number of likely N-dealkylation sites (tertiary alicyclic amines) is 1. The number of hydrogen-bond donors (Lipinski definition) is 1. The molecule has 1 aliphatic heterocycles. The summed E-state index contributed by atoms with van der Waals surface area (Å²) in [5.41, 5.74) is 0. The Morgan fingerprint density at radius 1 is 1.40 bits per heavy atom. The second-order valence-electron chi connectivity index (χ2n) is 3.61. The van der Waals surface area contributed by atoms with E-state index in [4.69, 9.17) is 12.2 Å². The molecule has 1 aromatic rings. The van der Waals surface area contributed by atoms with E-state index in [1.54, 1.807) is 0 Å². The zero-order valence-electron chi connectivity index (χ0n) is 8.35. The highest BCUT2D eigenvalue weighted by atomic mass is 32.1. The first kappa shape index (κ1) is 10.3. The molecule has 0 radical (unpaired) electrons. The van der Waals surface area contributed by atoms with Crippen LogP contribution < -0.4 is 0 Å². The number of aromatic amines is 1. The van der Waals surface area contributed by atoms with Gasteiger partial charge >= 0.3 is 0 Å². The highest BCUT2D eigenvalue weighted by Crippen LogP contribution is 2.09. The maximum absolute atomic E-state index is 11.8. The second-order valence-corrected chi connectivity index (χ2v) is 3.98. The average Bonchev–Trinajstić information content (AvgIpc) is 2.66. The lowest BCUT2D eigenvalue weighted by atomic mass is 10.1. The van der Waals surface area contributed by atoms with Crippen LogP contribution >= 0.6 is 12.2 Å². The topological polar surface area (TPSA) is 66.8 Å². The third kappa shape index (κ3) is 2.41. The summed E-state index contributed by atoms with van der Waals surface area (Å²) in [7, 11) is 0. The predicted octanol–water partition coefficient (Wildman–Crippen LogP) is 0.348. The van der Waals surface area contributed by atoms with Crippen molar-refractivity contribution in [3.63, 3.8) is 0 Å². The number of carbonyl (C=O) groups is 1. The molecule has 6 nitrogen and oxygen atoms in total. The van der Waals surface area contributed by atoms with Gasteiger partial charge in [-0.2, -0.15) is 5.21 Å². The number of carbonyl (C=O) groups excluding carboxylic acids is 1. The first-order valence-corrected chi connectivity index (χ1v) is 5.44. The van der Waals surface area contributed by atoms with Crippen LogP contribution in [0.25, 0.3) is 0 Å². The molecular formula is C8H13N5OS. The molecule has 15 heavy (non-hydrogen) atoms. The van der Waals surface area contributed by atoms with E-state index in [2.05, 4.69) is 15.5 Å². The van der Waals surface area contributed by atoms with Gasteiger partial charge in [-0.15, -0.1) is 0 Å². The summed E-state index contributed by atoms with van der Waals surface area (Å²) in [6.45, 7) is 1.92. The van der Waals surface area contributed by atoms with Crippen molar-refractivity contribution in [2.24, 2.45) is 0 Å². The van der Waals surface area contributed by atoms with Crippen LogP contribution in [0.3, 0.4) is 0 Å². The molecule has 0 unspecified atom stereocenters. The van der Waals surface area contributed by atoms with Gasteiger partial charge in [0.1, 0.15) is 6.54 Å². The minimum Gasteiger partial charge on any atom is -0.341 e. The van der Waals surface area contributed by atoms with Gasteiger partial charge in [0, 0.05) is 13.1 Å². The number of rotatable bonds is 2. The van der Waals surface area contributed by atoms with Crippen LogP contribution in [-0.4, -0.2) is 44.1 Å². The fourth-order valence-corrected chi connectivity index (χ4v) is 1.84. The average molecular weight is 227 g/mol. The highest BCUT2D eigenvalue weighted by molar-refractivity contribution is 7.71. The molecule has 0 bridgehead atoms. The Labute approximate surface area is 92.2 Å². The van der Waals surface area contributed by atoms with E-state index >= 15 is 0 Å². The van der Waals surface area contributed by atoms with Crippen LogP contribution in [-0.2, 0) is 11.3 Å². The molecule has 2 rings (SSSR count). The molecule has 0 atom stereocenters. The molecule has 1 aromatic heterocycles. The van der Waals surface area contributed by atoms with E-state index in [1.807, 2.05) is 4.90 Å². The van der Waals surface area contributed by atoms with Crippen LogP contribution in [0, 0.1) is 4.77 Å². The van der Waals surface area contributed by atoms with E-state index in [1.165, 1.54) is 11.1 Å². The van der Waals surface area contributed by atoms with Crippen molar-refractivity contribution in [1.29, 1.82) is 0 Å². The normalized spacial score (nSPS) is 16.7. The summed E-state index contributed by atoms with van der Waals surface area (Å²) in [6, 6.07) is 0. The third-order valence-electron chi connectivity index (χ3n) is 2.53. The molecule has 0 spiro atoms. The summed E-state index contributed by atoms with van der Waals surface area (Å²) in [5.74, 6) is 0.0804. The Morgan fingerprint density at radius 2 is 2.13 bits per heavy atom. The molecule has 0 saturated carbocycles. The molecular weight excluding hydrogens is 214 g/mol. The number of aromatic nitrogens is 4. The standard InChI is InChI=1S/C8H13N5OS/c14-7(12-4-2-1-3-5-12)6-13-8(15)9-10-11-13/h1-6H2,(H,9,11,15). The lowest BCUT2D eigenvalue weighted by molar-refractivity contribution is -0.132. The summed E-state index contributed by atoms with van der Waals surface area (Å²) in [4.78, 5) is 13.7. The molecule has 1 fully saturated rings. The van der Waals surface area contributed by atoms with Crippen LogP contribution in [0.5, 0.6) is 0 Å². The second kappa shape index (κ2) is 4.52. The molecule has 2 heterocycles. The molecule has 1 N–H and O–H groups in total. The van der Waals surface area contributed by atoms with Gasteiger partial charge in [-0.3, -0.25) is 4.79 Å². The van der Waals surface area contributed by atoms with Crippen molar-refractivity contribution >= 4 is 18.1 Å². The largest absolute Gasteiger partial charge is 0.341 e. The smallest absolute Gasteiger partial charge is 0.244 e. The van der Waals surface area contributed by atoms with E-state index in [0.717, 1.165) is 25.9 Å². The van der Waals surface area contributed by atoms with E-state index in [0.29, 0.717) is 4.77 Å². The first-order chi connectivity index (χ1) is 7.27. The fourth-order valence-electron chi connectivity index (χ4n) is 1.70. The van der Waals surface area contributed by atoms with Crippen LogP contribution in [0.2, 0.25) is 0 Å². The van der Waals surface area contributed by atoms with Crippen LogP contribution in [0.4, 0.5) is 0 Å². The molecule has 0 aromatic carbocycles. The summed E-state index contributed by atoms with van der Waals surface area (Å²) >= 11 is 4.89. The van der Waals surface area contributed by atoms with Gasteiger partial charge in [0.25, 0.3) is 0 Å². The van der Waals surface area contributed by atoms with Gasteiger partial charge in [-0.1, -0.05) is 10.3 Å². The number of amides is 1. The minimum atomic E-state index is 0.0804. The SMILES string of the molecule is O=C(Cn1[nH]nnc1=S)N1CCCCC1. The van der Waals surface area contributed by atoms with Gasteiger partial charge in [-0.05, 0) is 31.5 Å². The van der Waals surface area contributed by atoms with Gasteiger partial charge in [0.15, 0.2) is 0 Å². The highest BCUT2D eigenvalue weighted by Gasteiger charge is 2.17. The minimum absolute atomic E-state index is 0.0804. The maximum Gasteiger partial charge on any atom is 0.244 e. The Kier molecular flexibility index (Phi) is 3.10. The van der Waals surface area contributed by atoms with E-state index < -0.39 is 0 Å². The van der Waals surface area contributed by atoms with Crippen LogP contribution in [0.1, 0.15) is 19.3 Å². The number of tetrazole rings is 1. The lowest BCUT2D eigenvalue weighted by Crippen LogP contribution is -2.38. The van der Waals surface area contributed by atoms with Crippen LogP contribution in [0.15, 0.2) is 0 Å². The molecule has 1 amide bonds. The van der Waals surface area contributed by atoms with Gasteiger partial charge in [0.2, 0.25) is 10.7 Å². The Bertz CT molecular complexity index is 392. The number of H-pyrrole nitrogens is 1. The zero-order chi connectivity index (χ0) is 10.7. The fraction of sp³-hybridized carbons (Fsp3) is 0.750. The molecule has 1 saturated heterocycles. The van der Waals surface area contributed by atoms with E-state index in [-0.39, 0.29) is 12.5 Å². The summed E-state index contributed by atoms with van der Waals surface area (Å²) in [5, 5.41) is 9.73. The zero-order valence-corrected chi connectivity index (χ0v) is 9.16. The Hall–Kier alpha value is -1.24. The summed E-state index contributed by atoms with van der Waals surface area (Å²) < 4.78 is 1.80. The molecule has 0 aliphatic carbocycles. The predicted molar refractivity (Wildman–Crippen MR) is 55.6 cm³/mol. The first-order valence-electron chi connectivity index (χ1n) is 5.03. The number of piperidine rings is 1. The van der Waals surface area contributed by atoms with Gasteiger partial charge < -0.3 is 4.90 Å². The van der Waals surface area contributed by atoms with Crippen molar-refractivity contribution < 1.29 is 4.79 Å². The molecule has 1 aliphatic rings. The lowest BCUT2D eigenvalue weighted by Gasteiger charge is -2.26. The van der Waals surface area contributed by atoms with Crippen molar-refractivity contribution in [2.45, 2.75) is 25.8 Å². The third-order valence-corrected chi connectivity index (χ3v) is 2.84. The Morgan fingerprint density at radius 3 is 2.73 bits per heavy atom. The van der Waals surface area contributed by atoms with Crippen molar-refractivity contribution in [3.8, 4) is 0 Å². The van der Waals surface area contributed by atoms with E-state index in [9.17, 15) is 4.79 Å².